The number of fused-ring (bicyclic) bond motifs is 2. The van der Waals surface area contributed by atoms with Crippen LogP contribution in [0.2, 0.25) is 0 Å². The number of imide groups is 2. The predicted octanol–water partition coefficient (Wildman–Crippen LogP) is 6.07. The van der Waals surface area contributed by atoms with E-state index in [0.29, 0.717) is 67.1 Å². The van der Waals surface area contributed by atoms with E-state index in [9.17, 15) is 37.1 Å². The molecule has 1 saturated carbocycles. The highest BCUT2D eigenvalue weighted by Gasteiger charge is 2.45. The highest BCUT2D eigenvalue weighted by atomic mass is 19.4. The molecule has 3 aromatic rings. The number of nitrogens with zero attached hydrogens (tertiary/aromatic N) is 5. The lowest BCUT2D eigenvalue weighted by Gasteiger charge is -2.36. The molecule has 2 saturated heterocycles. The average molecular weight is 796 g/mol. The third-order valence-corrected chi connectivity index (χ3v) is 12.6. The molecule has 0 spiro atoms. The van der Waals surface area contributed by atoms with Crippen molar-refractivity contribution in [1.29, 1.82) is 0 Å². The molecule has 4 aliphatic heterocycles. The van der Waals surface area contributed by atoms with E-state index in [-0.39, 0.29) is 30.8 Å². The SMILES string of the molecule is [C-]#[N+]c1ccc(N(C)C2CCC(NC(=O)c3ccc(N4CCC(CN5Cc6cc7c(cc6C5)C(=O)N(C5CCC(=O)NC5=O)C7=O)CC4)cc3)CC2)cc1C(F)(F)F. The number of alkyl halides is 3. The molecular formula is C43H44F3N7O5. The fourth-order valence-corrected chi connectivity index (χ4v) is 9.29. The van der Waals surface area contributed by atoms with Gasteiger partial charge in [0.25, 0.3) is 17.7 Å². The van der Waals surface area contributed by atoms with Crippen LogP contribution in [0.15, 0.2) is 54.6 Å². The molecule has 3 fully saturated rings. The molecule has 1 atom stereocenters. The molecule has 8 rings (SSSR count). The number of halogens is 3. The second kappa shape index (κ2) is 15.5. The Morgan fingerprint density at radius 3 is 2.10 bits per heavy atom. The maximum Gasteiger partial charge on any atom is 0.407 e. The van der Waals surface area contributed by atoms with Gasteiger partial charge in [0.2, 0.25) is 11.8 Å². The van der Waals surface area contributed by atoms with Gasteiger partial charge >= 0.3 is 6.18 Å². The van der Waals surface area contributed by atoms with Crippen LogP contribution in [0, 0.1) is 12.5 Å². The number of rotatable bonds is 8. The third kappa shape index (κ3) is 7.65. The minimum atomic E-state index is -4.61. The first-order valence-electron chi connectivity index (χ1n) is 19.8. The lowest BCUT2D eigenvalue weighted by Crippen LogP contribution is -2.54. The van der Waals surface area contributed by atoms with Crippen LogP contribution < -0.4 is 20.4 Å². The fourth-order valence-electron chi connectivity index (χ4n) is 9.29. The first-order chi connectivity index (χ1) is 27.8. The molecule has 1 unspecified atom stereocenters. The summed E-state index contributed by atoms with van der Waals surface area (Å²) in [7, 11) is 1.77. The van der Waals surface area contributed by atoms with E-state index in [2.05, 4.69) is 25.3 Å². The van der Waals surface area contributed by atoms with Crippen molar-refractivity contribution < 1.29 is 37.1 Å². The molecule has 0 radical (unpaired) electrons. The van der Waals surface area contributed by atoms with Crippen LogP contribution in [0.5, 0.6) is 0 Å². The Bertz CT molecular complexity index is 2160. The van der Waals surface area contributed by atoms with Gasteiger partial charge in [0, 0.05) is 75.2 Å². The summed E-state index contributed by atoms with van der Waals surface area (Å²) in [6.07, 6.45) is 0.431. The zero-order valence-electron chi connectivity index (χ0n) is 32.1. The highest BCUT2D eigenvalue weighted by molar-refractivity contribution is 6.23. The first-order valence-corrected chi connectivity index (χ1v) is 19.8. The number of carbonyl (C=O) groups excluding carboxylic acids is 5. The van der Waals surface area contributed by atoms with Gasteiger partial charge in [-0.3, -0.25) is 39.1 Å². The van der Waals surface area contributed by atoms with Crippen molar-refractivity contribution in [2.75, 3.05) is 36.5 Å². The standard InChI is InChI=1S/C43H44F3N7O5/c1-47-36-12-11-32(21-35(36)43(44,45)46)50(2)30-9-5-29(6-10-30)48-39(55)26-3-7-31(8-4-26)52-17-15-25(16-18-52)22-51-23-27-19-33-34(20-28(27)24-51)42(58)53(41(33)57)37-13-14-38(54)49-40(37)56/h3-4,7-8,11-12,19-21,25,29-30,37H,5-6,9-10,13-18,22-24H2,2H3,(H,48,55)(H,49,54,56). The van der Waals surface area contributed by atoms with Crippen molar-refractivity contribution in [1.82, 2.24) is 20.4 Å². The van der Waals surface area contributed by atoms with Crippen LogP contribution >= 0.6 is 0 Å². The molecule has 15 heteroatoms. The maximum atomic E-state index is 13.5. The van der Waals surface area contributed by atoms with Gasteiger partial charge in [-0.1, -0.05) is 6.07 Å². The van der Waals surface area contributed by atoms with Crippen molar-refractivity contribution >= 4 is 46.6 Å². The molecule has 0 aromatic heterocycles. The normalized spacial score (nSPS) is 22.7. The van der Waals surface area contributed by atoms with Gasteiger partial charge in [-0.15, -0.1) is 0 Å². The van der Waals surface area contributed by atoms with Crippen molar-refractivity contribution in [2.45, 2.75) is 88.8 Å². The number of hydrogen-bond donors (Lipinski definition) is 2. The highest BCUT2D eigenvalue weighted by Crippen LogP contribution is 2.40. The molecule has 3 aromatic carbocycles. The Labute approximate surface area is 334 Å². The van der Waals surface area contributed by atoms with Gasteiger partial charge in [-0.05, 0) is 111 Å². The quantitative estimate of drug-likeness (QED) is 0.208. The molecule has 5 amide bonds. The Morgan fingerprint density at radius 1 is 0.879 bits per heavy atom. The second-order valence-corrected chi connectivity index (χ2v) is 16.2. The van der Waals surface area contributed by atoms with Gasteiger partial charge in [0.15, 0.2) is 5.69 Å². The van der Waals surface area contributed by atoms with Gasteiger partial charge in [-0.25, -0.2) is 4.85 Å². The number of hydrogen-bond acceptors (Lipinski definition) is 8. The van der Waals surface area contributed by atoms with Crippen molar-refractivity contribution in [3.8, 4) is 0 Å². The van der Waals surface area contributed by atoms with E-state index in [1.54, 1.807) is 25.2 Å². The monoisotopic (exact) mass is 795 g/mol. The second-order valence-electron chi connectivity index (χ2n) is 16.2. The zero-order chi connectivity index (χ0) is 40.9. The molecule has 2 N–H and O–H groups in total. The number of piperidine rings is 2. The summed E-state index contributed by atoms with van der Waals surface area (Å²) < 4.78 is 40.6. The van der Waals surface area contributed by atoms with E-state index in [0.717, 1.165) is 60.3 Å². The summed E-state index contributed by atoms with van der Waals surface area (Å²) in [4.78, 5) is 74.4. The molecule has 5 aliphatic rings. The van der Waals surface area contributed by atoms with Gasteiger partial charge in [0.05, 0.1) is 23.3 Å². The number of benzene rings is 3. The molecule has 302 valence electrons. The summed E-state index contributed by atoms with van der Waals surface area (Å²) >= 11 is 0. The van der Waals surface area contributed by atoms with E-state index < -0.39 is 47.1 Å². The summed E-state index contributed by atoms with van der Waals surface area (Å²) in [6, 6.07) is 14.1. The Hall–Kier alpha value is -5.75. The number of anilines is 2. The summed E-state index contributed by atoms with van der Waals surface area (Å²) in [6.45, 7) is 11.1. The average Bonchev–Trinajstić information content (AvgIpc) is 3.72. The van der Waals surface area contributed by atoms with Gasteiger partial charge in [0.1, 0.15) is 6.04 Å². The molecule has 4 heterocycles. The Kier molecular flexibility index (Phi) is 10.5. The molecule has 1 aliphatic carbocycles. The van der Waals surface area contributed by atoms with E-state index in [4.69, 9.17) is 6.57 Å². The van der Waals surface area contributed by atoms with Crippen LogP contribution in [-0.4, -0.2) is 84.1 Å². The summed E-state index contributed by atoms with van der Waals surface area (Å²) in [5.74, 6) is -1.66. The van der Waals surface area contributed by atoms with Crippen LogP contribution in [0.3, 0.4) is 0 Å². The van der Waals surface area contributed by atoms with Crippen LogP contribution in [0.1, 0.15) is 99.1 Å². The lowest BCUT2D eigenvalue weighted by atomic mass is 9.89. The summed E-state index contributed by atoms with van der Waals surface area (Å²) in [5.41, 5.74) is 3.36. The molecule has 58 heavy (non-hydrogen) atoms. The van der Waals surface area contributed by atoms with Gasteiger partial charge < -0.3 is 15.1 Å². The number of amides is 5. The largest absolute Gasteiger partial charge is 0.407 e. The van der Waals surface area contributed by atoms with Crippen LogP contribution in [-0.2, 0) is 28.9 Å². The predicted molar refractivity (Wildman–Crippen MR) is 208 cm³/mol. The third-order valence-electron chi connectivity index (χ3n) is 12.6. The number of nitrogens with one attached hydrogen (secondary N) is 2. The Balaban J connectivity index is 0.784. The van der Waals surface area contributed by atoms with E-state index in [1.807, 2.05) is 29.2 Å². The van der Waals surface area contributed by atoms with Crippen LogP contribution in [0.25, 0.3) is 4.85 Å². The maximum absolute atomic E-state index is 13.5. The minimum absolute atomic E-state index is 0.0181. The van der Waals surface area contributed by atoms with E-state index >= 15 is 0 Å². The lowest BCUT2D eigenvalue weighted by molar-refractivity contribution is -0.137. The van der Waals surface area contributed by atoms with Crippen molar-refractivity contribution in [3.05, 3.63) is 99.4 Å². The minimum Gasteiger partial charge on any atom is -0.372 e. The van der Waals surface area contributed by atoms with Crippen LogP contribution in [0.4, 0.5) is 30.2 Å². The number of carbonyl (C=O) groups is 5. The molecule has 0 bridgehead atoms. The molecule has 12 nitrogen and oxygen atoms in total. The smallest absolute Gasteiger partial charge is 0.372 e. The molecular weight excluding hydrogens is 752 g/mol. The summed E-state index contributed by atoms with van der Waals surface area (Å²) in [5, 5.41) is 5.38. The fraction of sp³-hybridized carbons (Fsp3) is 0.442. The first kappa shape index (κ1) is 39.1. The topological polar surface area (TPSA) is 127 Å². The van der Waals surface area contributed by atoms with Crippen molar-refractivity contribution in [2.24, 2.45) is 5.92 Å². The zero-order valence-corrected chi connectivity index (χ0v) is 32.1. The van der Waals surface area contributed by atoms with E-state index in [1.165, 1.54) is 6.07 Å². The van der Waals surface area contributed by atoms with Crippen molar-refractivity contribution in [3.63, 3.8) is 0 Å². The Morgan fingerprint density at radius 2 is 1.52 bits per heavy atom. The van der Waals surface area contributed by atoms with Gasteiger partial charge in [-0.2, -0.15) is 13.2 Å².